The fourth-order valence-corrected chi connectivity index (χ4v) is 4.21. The Morgan fingerprint density at radius 2 is 1.76 bits per heavy atom. The van der Waals surface area contributed by atoms with Gasteiger partial charge >= 0.3 is 6.09 Å². The number of anilines is 1. The summed E-state index contributed by atoms with van der Waals surface area (Å²) in [4.78, 5) is 42.7. The number of phenols is 2. The van der Waals surface area contributed by atoms with Crippen LogP contribution in [-0.2, 0) is 11.3 Å². The lowest BCUT2D eigenvalue weighted by Gasteiger charge is -2.19. The van der Waals surface area contributed by atoms with E-state index in [0.29, 0.717) is 16.8 Å². The summed E-state index contributed by atoms with van der Waals surface area (Å²) in [6, 6.07) is 12.9. The van der Waals surface area contributed by atoms with Crippen LogP contribution in [0.2, 0.25) is 0 Å². The number of aromatic hydroxyl groups is 3. The van der Waals surface area contributed by atoms with Crippen molar-refractivity contribution in [2.75, 3.05) is 19.5 Å². The van der Waals surface area contributed by atoms with E-state index < -0.39 is 17.9 Å². The van der Waals surface area contributed by atoms with Gasteiger partial charge in [-0.05, 0) is 72.6 Å². The largest absolute Gasteiger partial charge is 0.508 e. The fourth-order valence-electron chi connectivity index (χ4n) is 4.21. The van der Waals surface area contributed by atoms with Gasteiger partial charge in [0.1, 0.15) is 17.2 Å². The maximum Gasteiger partial charge on any atom is 0.428 e. The predicted molar refractivity (Wildman–Crippen MR) is 161 cm³/mol. The van der Waals surface area contributed by atoms with Crippen LogP contribution in [0.3, 0.4) is 0 Å². The number of nitrogens with zero attached hydrogens (tertiary/aromatic N) is 5. The fraction of sp³-hybridized carbons (Fsp3) is 0.138. The molecule has 0 saturated carbocycles. The van der Waals surface area contributed by atoms with E-state index in [-0.39, 0.29) is 52.2 Å². The van der Waals surface area contributed by atoms with E-state index in [1.165, 1.54) is 60.9 Å². The van der Waals surface area contributed by atoms with Crippen LogP contribution in [0, 0.1) is 6.92 Å². The molecule has 0 aliphatic heterocycles. The third kappa shape index (κ3) is 7.38. The molecule has 3 amide bonds. The summed E-state index contributed by atoms with van der Waals surface area (Å²) in [6.45, 7) is 1.52. The molecule has 0 saturated heterocycles. The molecule has 2 aromatic carbocycles. The molecule has 0 bridgehead atoms. The molecular formula is C29H31N9O7. The number of rotatable bonds is 8. The lowest BCUT2D eigenvalue weighted by Crippen LogP contribution is -2.43. The van der Waals surface area contributed by atoms with Gasteiger partial charge in [0.15, 0.2) is 11.6 Å². The third-order valence-electron chi connectivity index (χ3n) is 6.33. The summed E-state index contributed by atoms with van der Waals surface area (Å²) in [7, 11) is 2.39. The zero-order chi connectivity index (χ0) is 32.8. The first-order valence-electron chi connectivity index (χ1n) is 13.2. The number of phenolic OH excluding ortho intramolecular Hbond substituents is 2. The molecule has 16 nitrogen and oxygen atoms in total. The number of nitrogens with two attached hydrogens (primary N) is 2. The first-order chi connectivity index (χ1) is 21.4. The van der Waals surface area contributed by atoms with Gasteiger partial charge < -0.3 is 36.1 Å². The van der Waals surface area contributed by atoms with Gasteiger partial charge in [-0.1, -0.05) is 0 Å². The Hall–Kier alpha value is -6.29. The van der Waals surface area contributed by atoms with Crippen molar-refractivity contribution in [2.45, 2.75) is 13.5 Å². The minimum Gasteiger partial charge on any atom is -0.508 e. The molecule has 0 unspecified atom stereocenters. The van der Waals surface area contributed by atoms with Gasteiger partial charge in [-0.3, -0.25) is 15.0 Å². The van der Waals surface area contributed by atoms with Gasteiger partial charge in [-0.2, -0.15) is 5.10 Å². The van der Waals surface area contributed by atoms with Crippen molar-refractivity contribution in [3.8, 4) is 23.1 Å². The number of amides is 3. The van der Waals surface area contributed by atoms with Crippen molar-refractivity contribution >= 4 is 29.3 Å². The van der Waals surface area contributed by atoms with Gasteiger partial charge in [0, 0.05) is 19.4 Å². The lowest BCUT2D eigenvalue weighted by molar-refractivity contribution is 0.0767. The summed E-state index contributed by atoms with van der Waals surface area (Å²) < 4.78 is 5.69. The summed E-state index contributed by atoms with van der Waals surface area (Å²) in [6.07, 6.45) is 1.99. The zero-order valence-corrected chi connectivity index (χ0v) is 24.4. The molecule has 0 fully saturated rings. The Bertz CT molecular complexity index is 1770. The van der Waals surface area contributed by atoms with Crippen LogP contribution in [0.4, 0.5) is 10.5 Å². The molecule has 0 atom stereocenters. The van der Waals surface area contributed by atoms with Crippen LogP contribution in [0.25, 0.3) is 11.5 Å². The number of aryl methyl sites for hydroxylation is 1. The van der Waals surface area contributed by atoms with Crippen LogP contribution in [0.15, 0.2) is 67.0 Å². The molecular weight excluding hydrogens is 586 g/mol. The Morgan fingerprint density at radius 3 is 2.42 bits per heavy atom. The van der Waals surface area contributed by atoms with E-state index >= 15 is 0 Å². The first-order valence-corrected chi connectivity index (χ1v) is 13.2. The monoisotopic (exact) mass is 617 g/mol. The van der Waals surface area contributed by atoms with Crippen molar-refractivity contribution in [1.29, 1.82) is 0 Å². The van der Waals surface area contributed by atoms with Crippen LogP contribution in [0.5, 0.6) is 17.2 Å². The Labute approximate surface area is 256 Å². The first kappa shape index (κ1) is 31.6. The zero-order valence-electron chi connectivity index (χ0n) is 24.4. The van der Waals surface area contributed by atoms with E-state index in [0.717, 1.165) is 22.9 Å². The number of methoxy groups -OCH3 is 1. The van der Waals surface area contributed by atoms with Crippen molar-refractivity contribution in [2.24, 2.45) is 11.6 Å². The van der Waals surface area contributed by atoms with Crippen molar-refractivity contribution < 1.29 is 34.4 Å². The number of benzene rings is 2. The number of pyridine rings is 1. The van der Waals surface area contributed by atoms with Crippen LogP contribution < -0.4 is 22.3 Å². The van der Waals surface area contributed by atoms with Crippen LogP contribution >= 0.6 is 0 Å². The van der Waals surface area contributed by atoms with Gasteiger partial charge in [-0.15, -0.1) is 0 Å². The molecule has 0 aliphatic carbocycles. The smallest absolute Gasteiger partial charge is 0.428 e. The second-order valence-electron chi connectivity index (χ2n) is 9.69. The standard InChI is InChI=1S/C29H31N9O7/c1-16-11-20(40)13-21(27(42)35-36(2)29(44)45-3)25(16)33-28(43)23-12-18(34-38(23)26-24(41)5-4-10-32-26)14-37(31)15-22(30)17-6-8-19(39)9-7-17/h4-13,15,39-41H,14,30-31H2,1-3H3,(H,33,43)(H,35,42)/b22-15-. The topological polar surface area (TPSA) is 234 Å². The highest BCUT2D eigenvalue weighted by atomic mass is 16.5. The van der Waals surface area contributed by atoms with E-state index in [1.54, 1.807) is 19.1 Å². The Balaban J connectivity index is 1.68. The average Bonchev–Trinajstić information content (AvgIpc) is 3.41. The Morgan fingerprint density at radius 1 is 1.04 bits per heavy atom. The maximum atomic E-state index is 13.7. The van der Waals surface area contributed by atoms with E-state index in [1.807, 2.05) is 0 Å². The molecule has 2 aromatic heterocycles. The number of nitrogens with one attached hydrogen (secondary N) is 2. The summed E-state index contributed by atoms with van der Waals surface area (Å²) in [5, 5.41) is 39.3. The van der Waals surface area contributed by atoms with Gasteiger partial charge in [0.2, 0.25) is 0 Å². The second kappa shape index (κ2) is 13.3. The average molecular weight is 618 g/mol. The summed E-state index contributed by atoms with van der Waals surface area (Å²) in [5.41, 5.74) is 9.73. The van der Waals surface area contributed by atoms with Gasteiger partial charge in [-0.25, -0.2) is 25.3 Å². The number of carbonyl (C=O) groups excluding carboxylic acids is 3. The van der Waals surface area contributed by atoms with Crippen LogP contribution in [0.1, 0.15) is 37.7 Å². The maximum absolute atomic E-state index is 13.7. The molecule has 4 rings (SSSR count). The quantitative estimate of drug-likeness (QED) is 0.0853. The molecule has 4 aromatic rings. The Kier molecular flexibility index (Phi) is 9.38. The van der Waals surface area contributed by atoms with E-state index in [4.69, 9.17) is 11.6 Å². The highest BCUT2D eigenvalue weighted by Crippen LogP contribution is 2.28. The molecule has 2 heterocycles. The SMILES string of the molecule is COC(=O)N(C)NC(=O)c1cc(O)cc(C)c1NC(=O)c1cc(CN(N)/C=C(\N)c2ccc(O)cc2)nn1-c1ncccc1O. The molecule has 0 spiro atoms. The predicted octanol–water partition coefficient (Wildman–Crippen LogP) is 1.92. The number of hydrazine groups is 2. The molecule has 0 aliphatic rings. The van der Waals surface area contributed by atoms with Gasteiger partial charge in [0.05, 0.1) is 36.3 Å². The van der Waals surface area contributed by atoms with E-state index in [2.05, 4.69) is 25.6 Å². The number of hydrogen-bond donors (Lipinski definition) is 7. The minimum absolute atomic E-state index is 0.0261. The number of carbonyl (C=O) groups is 3. The lowest BCUT2D eigenvalue weighted by atomic mass is 10.1. The normalized spacial score (nSPS) is 11.1. The van der Waals surface area contributed by atoms with Crippen LogP contribution in [-0.4, -0.2) is 72.2 Å². The molecule has 9 N–H and O–H groups in total. The van der Waals surface area contributed by atoms with E-state index in [9.17, 15) is 29.7 Å². The third-order valence-corrected chi connectivity index (χ3v) is 6.33. The van der Waals surface area contributed by atoms with Gasteiger partial charge in [0.25, 0.3) is 11.8 Å². The molecule has 0 radical (unpaired) electrons. The number of ether oxygens (including phenoxy) is 1. The van der Waals surface area contributed by atoms with Crippen molar-refractivity contribution in [3.63, 3.8) is 0 Å². The molecule has 16 heteroatoms. The highest BCUT2D eigenvalue weighted by molar-refractivity contribution is 6.09. The molecule has 234 valence electrons. The number of aromatic nitrogens is 3. The van der Waals surface area contributed by atoms with Crippen molar-refractivity contribution in [1.82, 2.24) is 30.2 Å². The summed E-state index contributed by atoms with van der Waals surface area (Å²) in [5.74, 6) is 4.07. The minimum atomic E-state index is -0.856. The molecule has 45 heavy (non-hydrogen) atoms. The number of hydrogen-bond acceptors (Lipinski definition) is 12. The summed E-state index contributed by atoms with van der Waals surface area (Å²) >= 11 is 0. The van der Waals surface area contributed by atoms with Crippen molar-refractivity contribution in [3.05, 3.63) is 95.1 Å². The highest BCUT2D eigenvalue weighted by Gasteiger charge is 2.24. The second-order valence-corrected chi connectivity index (χ2v) is 9.69.